The van der Waals surface area contributed by atoms with Crippen molar-refractivity contribution in [1.29, 1.82) is 0 Å². The Morgan fingerprint density at radius 3 is 2.74 bits per heavy atom. The topological polar surface area (TPSA) is 32.3 Å². The zero-order valence-corrected chi connectivity index (χ0v) is 13.2. The average molecular weight is 281 g/mol. The molecule has 0 amide bonds. The van der Waals surface area contributed by atoms with Crippen LogP contribution in [0, 0.1) is 6.92 Å². The van der Waals surface area contributed by atoms with Crippen LogP contribution >= 0.6 is 11.8 Å². The third-order valence-corrected chi connectivity index (χ3v) is 4.41. The first kappa shape index (κ1) is 16.5. The lowest BCUT2D eigenvalue weighted by Gasteiger charge is -2.28. The van der Waals surface area contributed by atoms with E-state index in [0.717, 1.165) is 25.1 Å². The molecule has 2 nitrogen and oxygen atoms in total. The van der Waals surface area contributed by atoms with Crippen LogP contribution in [0.1, 0.15) is 38.7 Å². The summed E-state index contributed by atoms with van der Waals surface area (Å²) in [6, 6.07) is 8.66. The summed E-state index contributed by atoms with van der Waals surface area (Å²) in [5.74, 6) is 1.15. The number of thioether (sulfide) groups is 1. The molecule has 1 unspecified atom stereocenters. The summed E-state index contributed by atoms with van der Waals surface area (Å²) in [4.78, 5) is 1.36. The average Bonchev–Trinajstić information content (AvgIpc) is 2.39. The molecule has 0 radical (unpaired) electrons. The fourth-order valence-corrected chi connectivity index (χ4v) is 3.19. The minimum atomic E-state index is -0.108. The SMILES string of the molecule is CCNC(C)(CO)CCCCSc1cccc(C)c1. The molecule has 0 heterocycles. The Kier molecular flexibility index (Phi) is 7.51. The van der Waals surface area contributed by atoms with Crippen molar-refractivity contribution >= 4 is 11.8 Å². The van der Waals surface area contributed by atoms with Crippen LogP contribution in [0.2, 0.25) is 0 Å². The third kappa shape index (κ3) is 6.46. The van der Waals surface area contributed by atoms with Gasteiger partial charge in [0.05, 0.1) is 6.61 Å². The molecular formula is C16H27NOS. The fourth-order valence-electron chi connectivity index (χ4n) is 2.16. The number of rotatable bonds is 9. The number of hydrogen-bond donors (Lipinski definition) is 2. The Morgan fingerprint density at radius 2 is 2.11 bits per heavy atom. The van der Waals surface area contributed by atoms with Gasteiger partial charge in [0, 0.05) is 10.4 Å². The molecule has 1 aromatic rings. The second kappa shape index (κ2) is 8.62. The van der Waals surface area contributed by atoms with E-state index in [9.17, 15) is 5.11 Å². The molecule has 19 heavy (non-hydrogen) atoms. The Balaban J connectivity index is 2.20. The van der Waals surface area contributed by atoms with Crippen LogP contribution in [0.5, 0.6) is 0 Å². The van der Waals surface area contributed by atoms with Gasteiger partial charge in [-0.1, -0.05) is 31.0 Å². The summed E-state index contributed by atoms with van der Waals surface area (Å²) in [5.41, 5.74) is 1.22. The molecule has 0 bridgehead atoms. The maximum absolute atomic E-state index is 9.41. The number of likely N-dealkylation sites (N-methyl/N-ethyl adjacent to an activating group) is 1. The lowest BCUT2D eigenvalue weighted by atomic mass is 9.96. The maximum Gasteiger partial charge on any atom is 0.0610 e. The van der Waals surface area contributed by atoms with Gasteiger partial charge < -0.3 is 10.4 Å². The summed E-state index contributed by atoms with van der Waals surface area (Å²) in [6.45, 7) is 7.44. The zero-order valence-electron chi connectivity index (χ0n) is 12.4. The van der Waals surface area contributed by atoms with Gasteiger partial charge in [0.1, 0.15) is 0 Å². The number of benzene rings is 1. The molecule has 108 valence electrons. The van der Waals surface area contributed by atoms with Crippen molar-refractivity contribution in [2.24, 2.45) is 0 Å². The number of aliphatic hydroxyl groups excluding tert-OH is 1. The van der Waals surface area contributed by atoms with Gasteiger partial charge >= 0.3 is 0 Å². The molecule has 1 aromatic carbocycles. The standard InChI is InChI=1S/C16H27NOS/c1-4-17-16(3,13-18)10-5-6-11-19-15-9-7-8-14(2)12-15/h7-9,12,17-18H,4-6,10-11,13H2,1-3H3. The summed E-state index contributed by atoms with van der Waals surface area (Å²) >= 11 is 1.92. The van der Waals surface area contributed by atoms with Gasteiger partial charge in [-0.2, -0.15) is 0 Å². The zero-order chi connectivity index (χ0) is 14.1. The van der Waals surface area contributed by atoms with Gasteiger partial charge in [-0.3, -0.25) is 0 Å². The number of hydrogen-bond acceptors (Lipinski definition) is 3. The molecule has 0 saturated heterocycles. The van der Waals surface area contributed by atoms with Crippen molar-refractivity contribution in [2.75, 3.05) is 18.9 Å². The van der Waals surface area contributed by atoms with Crippen LogP contribution in [0.25, 0.3) is 0 Å². The fraction of sp³-hybridized carbons (Fsp3) is 0.625. The Bertz CT molecular complexity index is 370. The first-order valence-electron chi connectivity index (χ1n) is 7.15. The molecule has 0 aromatic heterocycles. The van der Waals surface area contributed by atoms with E-state index in [2.05, 4.69) is 50.4 Å². The minimum Gasteiger partial charge on any atom is -0.394 e. The van der Waals surface area contributed by atoms with Gasteiger partial charge in [0.2, 0.25) is 0 Å². The van der Waals surface area contributed by atoms with Crippen LogP contribution in [-0.4, -0.2) is 29.5 Å². The number of aliphatic hydroxyl groups is 1. The maximum atomic E-state index is 9.41. The molecule has 1 atom stereocenters. The Labute approximate surface area is 122 Å². The van der Waals surface area contributed by atoms with E-state index in [4.69, 9.17) is 0 Å². The molecule has 0 aliphatic rings. The van der Waals surface area contributed by atoms with Crippen molar-refractivity contribution in [2.45, 2.75) is 50.5 Å². The molecule has 3 heteroatoms. The Morgan fingerprint density at radius 1 is 1.32 bits per heavy atom. The number of nitrogens with one attached hydrogen (secondary N) is 1. The van der Waals surface area contributed by atoms with E-state index >= 15 is 0 Å². The smallest absolute Gasteiger partial charge is 0.0610 e. The van der Waals surface area contributed by atoms with E-state index < -0.39 is 0 Å². The van der Waals surface area contributed by atoms with Crippen molar-refractivity contribution in [3.8, 4) is 0 Å². The molecule has 0 saturated carbocycles. The predicted octanol–water partition coefficient (Wildman–Crippen LogP) is 3.62. The van der Waals surface area contributed by atoms with Gasteiger partial charge in [0.25, 0.3) is 0 Å². The molecule has 0 aliphatic carbocycles. The molecule has 2 N–H and O–H groups in total. The van der Waals surface area contributed by atoms with E-state index in [1.54, 1.807) is 0 Å². The molecule has 0 fully saturated rings. The quantitative estimate of drug-likeness (QED) is 0.535. The second-order valence-corrected chi connectivity index (χ2v) is 6.54. The van der Waals surface area contributed by atoms with E-state index in [-0.39, 0.29) is 12.1 Å². The van der Waals surface area contributed by atoms with Crippen LogP contribution < -0.4 is 5.32 Å². The molecule has 1 rings (SSSR count). The van der Waals surface area contributed by atoms with Crippen molar-refractivity contribution in [3.05, 3.63) is 29.8 Å². The van der Waals surface area contributed by atoms with Crippen LogP contribution in [0.4, 0.5) is 0 Å². The summed E-state index contributed by atoms with van der Waals surface area (Å²) in [5, 5.41) is 12.8. The summed E-state index contributed by atoms with van der Waals surface area (Å²) in [6.07, 6.45) is 3.38. The second-order valence-electron chi connectivity index (χ2n) is 5.37. The number of unbranched alkanes of at least 4 members (excludes halogenated alkanes) is 1. The first-order valence-corrected chi connectivity index (χ1v) is 8.13. The summed E-state index contributed by atoms with van der Waals surface area (Å²) < 4.78 is 0. The normalized spacial score (nSPS) is 14.3. The third-order valence-electron chi connectivity index (χ3n) is 3.33. The molecular weight excluding hydrogens is 254 g/mol. The molecule has 0 spiro atoms. The first-order chi connectivity index (χ1) is 9.09. The van der Waals surface area contributed by atoms with Crippen LogP contribution in [0.15, 0.2) is 29.2 Å². The van der Waals surface area contributed by atoms with Crippen molar-refractivity contribution in [3.63, 3.8) is 0 Å². The van der Waals surface area contributed by atoms with Crippen molar-refractivity contribution < 1.29 is 5.11 Å². The number of aryl methyl sites for hydroxylation is 1. The lowest BCUT2D eigenvalue weighted by molar-refractivity contribution is 0.165. The van der Waals surface area contributed by atoms with Gasteiger partial charge in [-0.15, -0.1) is 11.8 Å². The van der Waals surface area contributed by atoms with E-state index in [1.165, 1.54) is 16.9 Å². The minimum absolute atomic E-state index is 0.108. The van der Waals surface area contributed by atoms with E-state index in [0.29, 0.717) is 0 Å². The predicted molar refractivity (Wildman–Crippen MR) is 84.9 cm³/mol. The Hall–Kier alpha value is -0.510. The van der Waals surface area contributed by atoms with Crippen molar-refractivity contribution in [1.82, 2.24) is 5.32 Å². The highest BCUT2D eigenvalue weighted by atomic mass is 32.2. The highest BCUT2D eigenvalue weighted by Crippen LogP contribution is 2.21. The summed E-state index contributed by atoms with van der Waals surface area (Å²) in [7, 11) is 0. The van der Waals surface area contributed by atoms with Gasteiger partial charge in [0.15, 0.2) is 0 Å². The largest absolute Gasteiger partial charge is 0.394 e. The lowest BCUT2D eigenvalue weighted by Crippen LogP contribution is -2.45. The molecule has 0 aliphatic heterocycles. The van der Waals surface area contributed by atoms with Gasteiger partial charge in [-0.05, 0) is 51.1 Å². The highest BCUT2D eigenvalue weighted by Gasteiger charge is 2.20. The highest BCUT2D eigenvalue weighted by molar-refractivity contribution is 7.99. The van der Waals surface area contributed by atoms with Crippen LogP contribution in [-0.2, 0) is 0 Å². The van der Waals surface area contributed by atoms with Gasteiger partial charge in [-0.25, -0.2) is 0 Å². The van der Waals surface area contributed by atoms with E-state index in [1.807, 2.05) is 11.8 Å². The van der Waals surface area contributed by atoms with Crippen LogP contribution in [0.3, 0.4) is 0 Å². The monoisotopic (exact) mass is 281 g/mol.